The SMILES string of the molecule is CCn1cc(C#N)c(=O)n(CC(=O)c2ccc(OC)c(OC)c2)c1=O. The van der Waals surface area contributed by atoms with E-state index in [4.69, 9.17) is 14.7 Å². The average molecular weight is 343 g/mol. The van der Waals surface area contributed by atoms with Gasteiger partial charge in [-0.2, -0.15) is 5.26 Å². The predicted molar refractivity (Wildman–Crippen MR) is 89.2 cm³/mol. The molecule has 0 fully saturated rings. The Hall–Kier alpha value is -3.34. The van der Waals surface area contributed by atoms with Gasteiger partial charge in [0.1, 0.15) is 11.6 Å². The Bertz CT molecular complexity index is 966. The van der Waals surface area contributed by atoms with E-state index in [1.54, 1.807) is 19.1 Å². The van der Waals surface area contributed by atoms with Crippen molar-refractivity contribution in [3.05, 3.63) is 56.4 Å². The molecule has 1 aromatic carbocycles. The van der Waals surface area contributed by atoms with Gasteiger partial charge in [-0.25, -0.2) is 4.79 Å². The molecule has 1 heterocycles. The van der Waals surface area contributed by atoms with E-state index in [1.165, 1.54) is 37.1 Å². The normalized spacial score (nSPS) is 10.2. The zero-order valence-electron chi connectivity index (χ0n) is 14.1. The number of hydrogen-bond donors (Lipinski definition) is 0. The predicted octanol–water partition coefficient (Wildman–Crippen LogP) is 0.802. The zero-order valence-corrected chi connectivity index (χ0v) is 14.1. The summed E-state index contributed by atoms with van der Waals surface area (Å²) in [6.07, 6.45) is 1.20. The fourth-order valence-electron chi connectivity index (χ4n) is 2.34. The quantitative estimate of drug-likeness (QED) is 0.719. The number of Topliss-reactive ketones (excluding diaryl/α,β-unsaturated/α-hetero) is 1. The second-order valence-electron chi connectivity index (χ2n) is 5.11. The minimum Gasteiger partial charge on any atom is -0.493 e. The molecule has 0 spiro atoms. The molecular weight excluding hydrogens is 326 g/mol. The Morgan fingerprint density at radius 1 is 1.20 bits per heavy atom. The smallest absolute Gasteiger partial charge is 0.331 e. The molecule has 0 N–H and O–H groups in total. The van der Waals surface area contributed by atoms with Crippen LogP contribution in [-0.2, 0) is 13.1 Å². The minimum absolute atomic E-state index is 0.193. The largest absolute Gasteiger partial charge is 0.493 e. The fourth-order valence-corrected chi connectivity index (χ4v) is 2.34. The standard InChI is InChI=1S/C17H17N3O5/c1-4-19-9-12(8-18)16(22)20(17(19)23)10-13(21)11-5-6-14(24-2)15(7-11)25-3/h5-7,9H,4,10H2,1-3H3. The number of rotatable bonds is 6. The van der Waals surface area contributed by atoms with Crippen LogP contribution in [0.2, 0.25) is 0 Å². The zero-order chi connectivity index (χ0) is 18.6. The van der Waals surface area contributed by atoms with Gasteiger partial charge in [-0.3, -0.25) is 18.7 Å². The molecule has 0 aliphatic rings. The number of nitriles is 1. The monoisotopic (exact) mass is 343 g/mol. The van der Waals surface area contributed by atoms with Crippen molar-refractivity contribution < 1.29 is 14.3 Å². The van der Waals surface area contributed by atoms with Crippen molar-refractivity contribution in [2.24, 2.45) is 0 Å². The molecule has 0 radical (unpaired) electrons. The second-order valence-corrected chi connectivity index (χ2v) is 5.11. The molecule has 130 valence electrons. The van der Waals surface area contributed by atoms with E-state index in [2.05, 4.69) is 0 Å². The Kier molecular flexibility index (Phi) is 5.39. The van der Waals surface area contributed by atoms with Crippen molar-refractivity contribution in [3.8, 4) is 17.6 Å². The molecular formula is C17H17N3O5. The van der Waals surface area contributed by atoms with E-state index in [0.29, 0.717) is 11.5 Å². The van der Waals surface area contributed by atoms with E-state index in [0.717, 1.165) is 4.57 Å². The molecule has 2 rings (SSSR count). The number of carbonyl (C=O) groups excluding carboxylic acids is 1. The summed E-state index contributed by atoms with van der Waals surface area (Å²) in [5, 5.41) is 9.04. The number of aryl methyl sites for hydroxylation is 1. The second kappa shape index (κ2) is 7.49. The Morgan fingerprint density at radius 2 is 1.88 bits per heavy atom. The fraction of sp³-hybridized carbons (Fsp3) is 0.294. The number of benzene rings is 1. The van der Waals surface area contributed by atoms with Crippen LogP contribution in [0.3, 0.4) is 0 Å². The van der Waals surface area contributed by atoms with Crippen LogP contribution in [-0.4, -0.2) is 29.1 Å². The number of methoxy groups -OCH3 is 2. The molecule has 0 bridgehead atoms. The molecule has 0 unspecified atom stereocenters. The van der Waals surface area contributed by atoms with Gasteiger partial charge in [0.2, 0.25) is 0 Å². The lowest BCUT2D eigenvalue weighted by atomic mass is 10.1. The summed E-state index contributed by atoms with van der Waals surface area (Å²) in [5.41, 5.74) is -1.36. The molecule has 2 aromatic rings. The molecule has 1 aromatic heterocycles. The molecule has 0 aliphatic heterocycles. The summed E-state index contributed by atoms with van der Waals surface area (Å²) in [7, 11) is 2.91. The van der Waals surface area contributed by atoms with Crippen molar-refractivity contribution in [2.45, 2.75) is 20.0 Å². The highest BCUT2D eigenvalue weighted by molar-refractivity contribution is 5.96. The summed E-state index contributed by atoms with van der Waals surface area (Å²) in [4.78, 5) is 37.0. The number of aromatic nitrogens is 2. The molecule has 0 saturated heterocycles. The van der Waals surface area contributed by atoms with E-state index in [9.17, 15) is 14.4 Å². The first-order chi connectivity index (χ1) is 12.0. The van der Waals surface area contributed by atoms with Gasteiger partial charge in [-0.1, -0.05) is 0 Å². The number of hydrogen-bond acceptors (Lipinski definition) is 6. The highest BCUT2D eigenvalue weighted by Crippen LogP contribution is 2.27. The Morgan fingerprint density at radius 3 is 2.44 bits per heavy atom. The van der Waals surface area contributed by atoms with Gasteiger partial charge < -0.3 is 9.47 Å². The van der Waals surface area contributed by atoms with E-state index in [-0.39, 0.29) is 17.7 Å². The lowest BCUT2D eigenvalue weighted by Crippen LogP contribution is -2.42. The first-order valence-corrected chi connectivity index (χ1v) is 7.46. The summed E-state index contributed by atoms with van der Waals surface area (Å²) in [6.45, 7) is 1.51. The van der Waals surface area contributed by atoms with Gasteiger partial charge in [-0.05, 0) is 25.1 Å². The van der Waals surface area contributed by atoms with E-state index in [1.807, 2.05) is 0 Å². The molecule has 25 heavy (non-hydrogen) atoms. The highest BCUT2D eigenvalue weighted by Gasteiger charge is 2.16. The lowest BCUT2D eigenvalue weighted by Gasteiger charge is -2.11. The third-order valence-corrected chi connectivity index (χ3v) is 3.71. The van der Waals surface area contributed by atoms with Gasteiger partial charge in [-0.15, -0.1) is 0 Å². The van der Waals surface area contributed by atoms with Gasteiger partial charge in [0.25, 0.3) is 5.56 Å². The Balaban J connectivity index is 2.47. The van der Waals surface area contributed by atoms with Crippen molar-refractivity contribution in [2.75, 3.05) is 14.2 Å². The molecule has 0 amide bonds. The van der Waals surface area contributed by atoms with Crippen LogP contribution in [0.5, 0.6) is 11.5 Å². The van der Waals surface area contributed by atoms with Crippen LogP contribution in [0.1, 0.15) is 22.8 Å². The van der Waals surface area contributed by atoms with E-state index < -0.39 is 23.6 Å². The van der Waals surface area contributed by atoms with Crippen molar-refractivity contribution in [1.29, 1.82) is 5.26 Å². The van der Waals surface area contributed by atoms with Gasteiger partial charge in [0.15, 0.2) is 17.3 Å². The van der Waals surface area contributed by atoms with Crippen LogP contribution in [0, 0.1) is 11.3 Å². The molecule has 8 heteroatoms. The summed E-state index contributed by atoms with van der Waals surface area (Å²) >= 11 is 0. The number of carbonyl (C=O) groups is 1. The third kappa shape index (κ3) is 3.45. The Labute approximate surface area is 143 Å². The van der Waals surface area contributed by atoms with Crippen LogP contribution >= 0.6 is 0 Å². The van der Waals surface area contributed by atoms with Crippen molar-refractivity contribution in [1.82, 2.24) is 9.13 Å². The van der Waals surface area contributed by atoms with Crippen LogP contribution in [0.4, 0.5) is 0 Å². The summed E-state index contributed by atoms with van der Waals surface area (Å²) < 4.78 is 12.2. The lowest BCUT2D eigenvalue weighted by molar-refractivity contribution is 0.0968. The van der Waals surface area contributed by atoms with Crippen molar-refractivity contribution >= 4 is 5.78 Å². The molecule has 0 atom stereocenters. The third-order valence-electron chi connectivity index (χ3n) is 3.71. The van der Waals surface area contributed by atoms with Gasteiger partial charge in [0, 0.05) is 18.3 Å². The van der Waals surface area contributed by atoms with Gasteiger partial charge in [0.05, 0.1) is 20.8 Å². The topological polar surface area (TPSA) is 103 Å². The van der Waals surface area contributed by atoms with Gasteiger partial charge >= 0.3 is 5.69 Å². The maximum Gasteiger partial charge on any atom is 0.331 e. The number of nitrogens with zero attached hydrogens (tertiary/aromatic N) is 3. The molecule has 8 nitrogen and oxygen atoms in total. The maximum absolute atomic E-state index is 12.5. The van der Waals surface area contributed by atoms with Crippen LogP contribution in [0.15, 0.2) is 34.0 Å². The summed E-state index contributed by atoms with van der Waals surface area (Å²) in [6, 6.07) is 6.29. The number of ether oxygens (including phenoxy) is 2. The van der Waals surface area contributed by atoms with Crippen LogP contribution < -0.4 is 20.7 Å². The number of ketones is 1. The summed E-state index contributed by atoms with van der Waals surface area (Å²) in [5.74, 6) is 0.353. The average Bonchev–Trinajstić information content (AvgIpc) is 2.64. The van der Waals surface area contributed by atoms with Crippen molar-refractivity contribution in [3.63, 3.8) is 0 Å². The first kappa shape index (κ1) is 18.0. The minimum atomic E-state index is -0.786. The highest BCUT2D eigenvalue weighted by atomic mass is 16.5. The molecule has 0 aliphatic carbocycles. The molecule has 0 saturated carbocycles. The van der Waals surface area contributed by atoms with Crippen LogP contribution in [0.25, 0.3) is 0 Å². The van der Waals surface area contributed by atoms with E-state index >= 15 is 0 Å². The first-order valence-electron chi connectivity index (χ1n) is 7.46. The maximum atomic E-state index is 12.5.